The van der Waals surface area contributed by atoms with Gasteiger partial charge in [0.25, 0.3) is 5.91 Å². The Balaban J connectivity index is 2.05. The van der Waals surface area contributed by atoms with Crippen molar-refractivity contribution in [2.24, 2.45) is 0 Å². The van der Waals surface area contributed by atoms with Crippen molar-refractivity contribution in [3.05, 3.63) is 29.8 Å². The first-order valence-electron chi connectivity index (χ1n) is 7.95. The van der Waals surface area contributed by atoms with Crippen LogP contribution in [0.2, 0.25) is 0 Å². The molecule has 2 amide bonds. The molecule has 0 saturated carbocycles. The molecule has 1 heterocycles. The summed E-state index contributed by atoms with van der Waals surface area (Å²) in [7, 11) is 0. The highest BCUT2D eigenvalue weighted by molar-refractivity contribution is 7.99. The Bertz CT molecular complexity index is 550. The Labute approximate surface area is 142 Å². The minimum absolute atomic E-state index is 0.0202. The Hall–Kier alpha value is -1.69. The van der Waals surface area contributed by atoms with Crippen LogP contribution in [0.4, 0.5) is 0 Å². The van der Waals surface area contributed by atoms with Crippen molar-refractivity contribution in [2.45, 2.75) is 13.3 Å². The van der Waals surface area contributed by atoms with E-state index in [9.17, 15) is 9.59 Å². The van der Waals surface area contributed by atoms with E-state index in [1.54, 1.807) is 6.07 Å². The molecule has 1 fully saturated rings. The quantitative estimate of drug-likeness (QED) is 0.826. The van der Waals surface area contributed by atoms with E-state index < -0.39 is 0 Å². The molecule has 0 radical (unpaired) electrons. The second-order valence-electron chi connectivity index (χ2n) is 5.39. The summed E-state index contributed by atoms with van der Waals surface area (Å²) in [6.45, 7) is 4.99. The van der Waals surface area contributed by atoms with E-state index in [0.717, 1.165) is 13.0 Å². The van der Waals surface area contributed by atoms with Gasteiger partial charge in [-0.1, -0.05) is 12.1 Å². The van der Waals surface area contributed by atoms with Gasteiger partial charge in [0.2, 0.25) is 5.91 Å². The topological polar surface area (TPSA) is 49.9 Å². The number of rotatable bonds is 5. The molecule has 1 aromatic carbocycles. The van der Waals surface area contributed by atoms with E-state index in [4.69, 9.17) is 4.74 Å². The third-order valence-electron chi connectivity index (χ3n) is 3.82. The SMILES string of the molecule is CCOc1ccccc1C(=O)N1CCCN(C(=O)CSC)CC1. The Morgan fingerprint density at radius 1 is 1.13 bits per heavy atom. The molecule has 1 aliphatic heterocycles. The summed E-state index contributed by atoms with van der Waals surface area (Å²) in [6.07, 6.45) is 2.73. The van der Waals surface area contributed by atoms with Gasteiger partial charge in [0.15, 0.2) is 0 Å². The van der Waals surface area contributed by atoms with Gasteiger partial charge in [0.1, 0.15) is 5.75 Å². The summed E-state index contributed by atoms with van der Waals surface area (Å²) >= 11 is 1.53. The fourth-order valence-electron chi connectivity index (χ4n) is 2.68. The predicted molar refractivity (Wildman–Crippen MR) is 93.1 cm³/mol. The van der Waals surface area contributed by atoms with Crippen molar-refractivity contribution >= 4 is 23.6 Å². The molecule has 0 aromatic heterocycles. The lowest BCUT2D eigenvalue weighted by Crippen LogP contribution is -2.38. The van der Waals surface area contributed by atoms with Crippen LogP contribution in [0, 0.1) is 0 Å². The number of thioether (sulfide) groups is 1. The first-order chi connectivity index (χ1) is 11.2. The molecule has 1 saturated heterocycles. The molecular formula is C17H24N2O3S. The fraction of sp³-hybridized carbons (Fsp3) is 0.529. The molecule has 0 bridgehead atoms. The average Bonchev–Trinajstić information content (AvgIpc) is 2.81. The van der Waals surface area contributed by atoms with Gasteiger partial charge >= 0.3 is 0 Å². The van der Waals surface area contributed by atoms with Gasteiger partial charge in [-0.15, -0.1) is 0 Å². The zero-order chi connectivity index (χ0) is 16.7. The van der Waals surface area contributed by atoms with Crippen molar-refractivity contribution in [3.63, 3.8) is 0 Å². The van der Waals surface area contributed by atoms with E-state index in [0.29, 0.717) is 43.3 Å². The van der Waals surface area contributed by atoms with Crippen LogP contribution in [0.1, 0.15) is 23.7 Å². The normalized spacial score (nSPS) is 15.2. The summed E-state index contributed by atoms with van der Waals surface area (Å²) < 4.78 is 5.56. The van der Waals surface area contributed by atoms with Crippen LogP contribution in [0.25, 0.3) is 0 Å². The van der Waals surface area contributed by atoms with Gasteiger partial charge in [-0.3, -0.25) is 9.59 Å². The minimum Gasteiger partial charge on any atom is -0.493 e. The van der Waals surface area contributed by atoms with E-state index in [1.807, 2.05) is 41.2 Å². The lowest BCUT2D eigenvalue weighted by molar-refractivity contribution is -0.128. The molecule has 0 spiro atoms. The molecule has 2 rings (SSSR count). The molecule has 23 heavy (non-hydrogen) atoms. The average molecular weight is 336 g/mol. The largest absolute Gasteiger partial charge is 0.493 e. The number of hydrogen-bond acceptors (Lipinski definition) is 4. The van der Waals surface area contributed by atoms with Gasteiger partial charge in [0.05, 0.1) is 17.9 Å². The van der Waals surface area contributed by atoms with Crippen LogP contribution in [-0.4, -0.2) is 66.4 Å². The first-order valence-corrected chi connectivity index (χ1v) is 9.34. The van der Waals surface area contributed by atoms with Gasteiger partial charge in [0, 0.05) is 26.2 Å². The summed E-state index contributed by atoms with van der Waals surface area (Å²) in [6, 6.07) is 7.34. The fourth-order valence-corrected chi connectivity index (χ4v) is 3.11. The second kappa shape index (κ2) is 8.82. The molecular weight excluding hydrogens is 312 g/mol. The number of para-hydroxylation sites is 1. The number of carbonyl (C=O) groups excluding carboxylic acids is 2. The molecule has 0 unspecified atom stereocenters. The van der Waals surface area contributed by atoms with E-state index in [2.05, 4.69) is 0 Å². The number of nitrogens with zero attached hydrogens (tertiary/aromatic N) is 2. The van der Waals surface area contributed by atoms with Crippen molar-refractivity contribution in [1.82, 2.24) is 9.80 Å². The third kappa shape index (κ3) is 4.64. The highest BCUT2D eigenvalue weighted by Crippen LogP contribution is 2.20. The molecule has 126 valence electrons. The highest BCUT2D eigenvalue weighted by Gasteiger charge is 2.24. The van der Waals surface area contributed by atoms with Gasteiger partial charge < -0.3 is 14.5 Å². The predicted octanol–water partition coefficient (Wildman–Crippen LogP) is 2.12. The van der Waals surface area contributed by atoms with Crippen LogP contribution in [0.15, 0.2) is 24.3 Å². The van der Waals surface area contributed by atoms with Crippen molar-refractivity contribution in [2.75, 3.05) is 44.8 Å². The molecule has 5 nitrogen and oxygen atoms in total. The summed E-state index contributed by atoms with van der Waals surface area (Å²) in [4.78, 5) is 28.5. The first kappa shape index (κ1) is 17.7. The standard InChI is InChI=1S/C17H24N2O3S/c1-3-22-15-8-5-4-7-14(15)17(21)19-10-6-9-18(11-12-19)16(20)13-23-2/h4-5,7-8H,3,6,9-13H2,1-2H3. The van der Waals surface area contributed by atoms with Crippen molar-refractivity contribution in [1.29, 1.82) is 0 Å². The van der Waals surface area contributed by atoms with Crippen LogP contribution >= 0.6 is 11.8 Å². The Kier molecular flexibility index (Phi) is 6.77. The highest BCUT2D eigenvalue weighted by atomic mass is 32.2. The smallest absolute Gasteiger partial charge is 0.257 e. The number of ether oxygens (including phenoxy) is 1. The lowest BCUT2D eigenvalue weighted by Gasteiger charge is -2.23. The van der Waals surface area contributed by atoms with E-state index in [1.165, 1.54) is 11.8 Å². The summed E-state index contributed by atoms with van der Waals surface area (Å²) in [5, 5.41) is 0. The van der Waals surface area contributed by atoms with Crippen molar-refractivity contribution < 1.29 is 14.3 Å². The molecule has 0 aliphatic carbocycles. The molecule has 0 N–H and O–H groups in total. The van der Waals surface area contributed by atoms with Gasteiger partial charge in [-0.05, 0) is 31.7 Å². The van der Waals surface area contributed by atoms with E-state index >= 15 is 0 Å². The second-order valence-corrected chi connectivity index (χ2v) is 6.25. The minimum atomic E-state index is -0.0202. The lowest BCUT2D eigenvalue weighted by atomic mass is 10.1. The van der Waals surface area contributed by atoms with Crippen LogP contribution < -0.4 is 4.74 Å². The van der Waals surface area contributed by atoms with E-state index in [-0.39, 0.29) is 11.8 Å². The monoisotopic (exact) mass is 336 g/mol. The number of carbonyl (C=O) groups is 2. The van der Waals surface area contributed by atoms with Crippen LogP contribution in [0.5, 0.6) is 5.75 Å². The number of benzene rings is 1. The maximum absolute atomic E-state index is 12.8. The maximum Gasteiger partial charge on any atom is 0.257 e. The van der Waals surface area contributed by atoms with Gasteiger partial charge in [-0.25, -0.2) is 0 Å². The zero-order valence-corrected chi connectivity index (χ0v) is 14.6. The van der Waals surface area contributed by atoms with Crippen LogP contribution in [0.3, 0.4) is 0 Å². The molecule has 1 aliphatic rings. The summed E-state index contributed by atoms with van der Waals surface area (Å²) in [5.74, 6) is 1.26. The van der Waals surface area contributed by atoms with Crippen molar-refractivity contribution in [3.8, 4) is 5.75 Å². The molecule has 0 atom stereocenters. The Morgan fingerprint density at radius 3 is 2.57 bits per heavy atom. The number of amides is 2. The third-order valence-corrected chi connectivity index (χ3v) is 4.36. The van der Waals surface area contributed by atoms with Crippen LogP contribution in [-0.2, 0) is 4.79 Å². The van der Waals surface area contributed by atoms with Gasteiger partial charge in [-0.2, -0.15) is 11.8 Å². The number of hydrogen-bond donors (Lipinski definition) is 0. The maximum atomic E-state index is 12.8. The summed E-state index contributed by atoms with van der Waals surface area (Å²) in [5.41, 5.74) is 0.596. The Morgan fingerprint density at radius 2 is 1.83 bits per heavy atom. The molecule has 1 aromatic rings. The molecule has 6 heteroatoms. The zero-order valence-electron chi connectivity index (χ0n) is 13.8.